The molecule has 8 heteroatoms. The van der Waals surface area contributed by atoms with E-state index in [9.17, 15) is 14.9 Å². The van der Waals surface area contributed by atoms with Gasteiger partial charge in [0.15, 0.2) is 0 Å². The summed E-state index contributed by atoms with van der Waals surface area (Å²) in [6.07, 6.45) is 4.73. The number of fused-ring (bicyclic) bond motifs is 6. The molecule has 152 valence electrons. The number of benzene rings is 1. The average molecular weight is 403 g/mol. The highest BCUT2D eigenvalue weighted by Crippen LogP contribution is 2.70. The molecule has 8 nitrogen and oxygen atoms in total. The van der Waals surface area contributed by atoms with Gasteiger partial charge < -0.3 is 5.32 Å². The zero-order chi connectivity index (χ0) is 21.3. The van der Waals surface area contributed by atoms with Crippen LogP contribution in [0.3, 0.4) is 0 Å². The Kier molecular flexibility index (Phi) is 3.60. The SMILES string of the molecule is CC12CCC(C(=O)Nc3ccncc3)(c3nc4cc([N+](=O)[O-])ccc4nc31)C2(C)C. The smallest absolute Gasteiger partial charge is 0.271 e. The molecule has 1 amide bonds. The molecule has 3 aromatic rings. The summed E-state index contributed by atoms with van der Waals surface area (Å²) in [5.41, 5.74) is 1.52. The molecule has 2 atom stereocenters. The maximum atomic E-state index is 13.7. The lowest BCUT2D eigenvalue weighted by Gasteiger charge is -2.39. The fourth-order valence-corrected chi connectivity index (χ4v) is 5.38. The number of carbonyl (C=O) groups is 1. The maximum absolute atomic E-state index is 13.7. The van der Waals surface area contributed by atoms with Gasteiger partial charge >= 0.3 is 0 Å². The van der Waals surface area contributed by atoms with Crippen molar-refractivity contribution < 1.29 is 9.72 Å². The summed E-state index contributed by atoms with van der Waals surface area (Å²) in [5, 5.41) is 14.3. The van der Waals surface area contributed by atoms with Crippen LogP contribution in [0.25, 0.3) is 11.0 Å². The molecule has 2 aliphatic carbocycles. The van der Waals surface area contributed by atoms with Gasteiger partial charge in [-0.15, -0.1) is 0 Å². The van der Waals surface area contributed by atoms with Gasteiger partial charge in [0, 0.05) is 35.6 Å². The van der Waals surface area contributed by atoms with Crippen LogP contribution in [0.2, 0.25) is 0 Å². The molecule has 2 aliphatic rings. The fourth-order valence-electron chi connectivity index (χ4n) is 5.38. The third-order valence-corrected chi connectivity index (χ3v) is 7.56. The van der Waals surface area contributed by atoms with E-state index in [1.54, 1.807) is 30.6 Å². The lowest BCUT2D eigenvalue weighted by molar-refractivity contribution is -0.384. The number of nitro benzene ring substituents is 1. The van der Waals surface area contributed by atoms with Gasteiger partial charge in [0.25, 0.3) is 5.69 Å². The summed E-state index contributed by atoms with van der Waals surface area (Å²) in [4.78, 5) is 38.2. The first kappa shape index (κ1) is 18.6. The molecule has 1 aromatic carbocycles. The normalized spacial score (nSPS) is 25.8. The lowest BCUT2D eigenvalue weighted by atomic mass is 9.63. The Balaban J connectivity index is 1.72. The third-order valence-electron chi connectivity index (χ3n) is 7.56. The Morgan fingerprint density at radius 3 is 2.43 bits per heavy atom. The second-order valence-corrected chi connectivity index (χ2v) is 8.90. The van der Waals surface area contributed by atoms with Crippen molar-refractivity contribution in [2.45, 2.75) is 44.4 Å². The Bertz CT molecular complexity index is 1230. The molecule has 0 spiro atoms. The highest BCUT2D eigenvalue weighted by Gasteiger charge is 2.73. The summed E-state index contributed by atoms with van der Waals surface area (Å²) in [7, 11) is 0. The van der Waals surface area contributed by atoms with Crippen LogP contribution in [0.15, 0.2) is 42.7 Å². The Hall–Kier alpha value is -3.42. The number of anilines is 1. The van der Waals surface area contributed by atoms with Gasteiger partial charge in [-0.1, -0.05) is 20.8 Å². The van der Waals surface area contributed by atoms with Gasteiger partial charge in [0.05, 0.1) is 32.8 Å². The highest BCUT2D eigenvalue weighted by molar-refractivity contribution is 6.02. The Labute approximate surface area is 172 Å². The molecule has 2 aromatic heterocycles. The van der Waals surface area contributed by atoms with Gasteiger partial charge in [-0.2, -0.15) is 0 Å². The third kappa shape index (κ3) is 2.10. The molecule has 2 heterocycles. The van der Waals surface area contributed by atoms with Crippen molar-refractivity contribution in [3.05, 3.63) is 64.2 Å². The average Bonchev–Trinajstić information content (AvgIpc) is 3.02. The first-order valence-corrected chi connectivity index (χ1v) is 9.89. The summed E-state index contributed by atoms with van der Waals surface area (Å²) in [5.74, 6) is -0.125. The number of carbonyl (C=O) groups excluding carboxylic acids is 1. The molecular formula is C22H21N5O3. The van der Waals surface area contributed by atoms with Crippen LogP contribution in [0.4, 0.5) is 11.4 Å². The van der Waals surface area contributed by atoms with Crippen molar-refractivity contribution in [2.24, 2.45) is 5.41 Å². The van der Waals surface area contributed by atoms with E-state index in [4.69, 9.17) is 9.97 Å². The molecule has 2 bridgehead atoms. The van der Waals surface area contributed by atoms with Crippen molar-refractivity contribution >= 4 is 28.3 Å². The van der Waals surface area contributed by atoms with E-state index in [0.29, 0.717) is 28.8 Å². The number of amides is 1. The van der Waals surface area contributed by atoms with E-state index in [1.807, 2.05) is 0 Å². The van der Waals surface area contributed by atoms with Crippen molar-refractivity contribution in [3.63, 3.8) is 0 Å². The van der Waals surface area contributed by atoms with Crippen LogP contribution >= 0.6 is 0 Å². The van der Waals surface area contributed by atoms with Crippen LogP contribution < -0.4 is 5.32 Å². The van der Waals surface area contributed by atoms with E-state index in [2.05, 4.69) is 31.1 Å². The van der Waals surface area contributed by atoms with E-state index in [0.717, 1.165) is 12.1 Å². The highest BCUT2D eigenvalue weighted by atomic mass is 16.6. The number of hydrogen-bond donors (Lipinski definition) is 1. The first-order chi connectivity index (χ1) is 14.2. The molecular weight excluding hydrogens is 382 g/mol. The van der Waals surface area contributed by atoms with Crippen LogP contribution in [-0.4, -0.2) is 25.8 Å². The van der Waals surface area contributed by atoms with Crippen LogP contribution in [0, 0.1) is 15.5 Å². The van der Waals surface area contributed by atoms with Gasteiger partial charge in [-0.3, -0.25) is 19.9 Å². The summed E-state index contributed by atoms with van der Waals surface area (Å²) in [6, 6.07) is 8.00. The fraction of sp³-hybridized carbons (Fsp3) is 0.364. The number of nitrogens with zero attached hydrogens (tertiary/aromatic N) is 4. The lowest BCUT2D eigenvalue weighted by Crippen LogP contribution is -2.48. The maximum Gasteiger partial charge on any atom is 0.271 e. The van der Waals surface area contributed by atoms with Gasteiger partial charge in [-0.25, -0.2) is 9.97 Å². The Morgan fingerprint density at radius 1 is 1.03 bits per heavy atom. The van der Waals surface area contributed by atoms with Crippen molar-refractivity contribution in [2.75, 3.05) is 5.32 Å². The van der Waals surface area contributed by atoms with Gasteiger partial charge in [-0.05, 0) is 36.5 Å². The zero-order valence-electron chi connectivity index (χ0n) is 17.0. The molecule has 0 radical (unpaired) electrons. The number of hydrogen-bond acceptors (Lipinski definition) is 6. The van der Waals surface area contributed by atoms with Crippen LogP contribution in [0.5, 0.6) is 0 Å². The van der Waals surface area contributed by atoms with Crippen LogP contribution in [0.1, 0.15) is 45.0 Å². The summed E-state index contributed by atoms with van der Waals surface area (Å²) < 4.78 is 0. The second-order valence-electron chi connectivity index (χ2n) is 8.90. The van der Waals surface area contributed by atoms with Crippen molar-refractivity contribution in [1.82, 2.24) is 15.0 Å². The van der Waals surface area contributed by atoms with Gasteiger partial charge in [0.2, 0.25) is 5.91 Å². The number of non-ortho nitro benzene ring substituents is 1. The largest absolute Gasteiger partial charge is 0.325 e. The summed E-state index contributed by atoms with van der Waals surface area (Å²) >= 11 is 0. The van der Waals surface area contributed by atoms with Crippen molar-refractivity contribution in [3.8, 4) is 0 Å². The molecule has 2 unspecified atom stereocenters. The molecule has 0 saturated heterocycles. The number of rotatable bonds is 3. The standard InChI is InChI=1S/C22H21N5O3/c1-20(2)21(3)8-9-22(20,19(28)24-13-6-10-23-11-7-13)18-17(21)25-15-5-4-14(27(29)30)12-16(15)26-18/h4-7,10-12H,8-9H2,1-3H3,(H,23,24,28). The van der Waals surface area contributed by atoms with E-state index in [-0.39, 0.29) is 17.0 Å². The molecule has 30 heavy (non-hydrogen) atoms. The van der Waals surface area contributed by atoms with Gasteiger partial charge in [0.1, 0.15) is 0 Å². The predicted octanol–water partition coefficient (Wildman–Crippen LogP) is 3.90. The minimum Gasteiger partial charge on any atom is -0.325 e. The number of nitro groups is 1. The molecule has 5 rings (SSSR count). The topological polar surface area (TPSA) is 111 Å². The zero-order valence-corrected chi connectivity index (χ0v) is 17.0. The minimum absolute atomic E-state index is 0.0411. The molecule has 1 saturated carbocycles. The monoisotopic (exact) mass is 403 g/mol. The molecule has 1 N–H and O–H groups in total. The minimum atomic E-state index is -0.869. The number of nitrogens with one attached hydrogen (secondary N) is 1. The van der Waals surface area contributed by atoms with Crippen LogP contribution in [-0.2, 0) is 15.6 Å². The summed E-state index contributed by atoms with van der Waals surface area (Å²) in [6.45, 7) is 6.34. The van der Waals surface area contributed by atoms with E-state index >= 15 is 0 Å². The molecule has 0 aliphatic heterocycles. The second kappa shape index (κ2) is 5.81. The van der Waals surface area contributed by atoms with Crippen molar-refractivity contribution in [1.29, 1.82) is 0 Å². The molecule has 1 fully saturated rings. The Morgan fingerprint density at radius 2 is 1.73 bits per heavy atom. The number of aromatic nitrogens is 3. The van der Waals surface area contributed by atoms with E-state index in [1.165, 1.54) is 12.1 Å². The predicted molar refractivity (Wildman–Crippen MR) is 111 cm³/mol. The quantitative estimate of drug-likeness (QED) is 0.524. The first-order valence-electron chi connectivity index (χ1n) is 9.89. The van der Waals surface area contributed by atoms with E-state index < -0.39 is 15.8 Å². The number of pyridine rings is 1.